The van der Waals surface area contributed by atoms with Gasteiger partial charge in [-0.3, -0.25) is 0 Å². The largest absolute Gasteiger partial charge is 0.394 e. The number of hydrogen-bond acceptors (Lipinski definition) is 6. The van der Waals surface area contributed by atoms with Crippen molar-refractivity contribution in [3.63, 3.8) is 0 Å². The lowest BCUT2D eigenvalue weighted by Gasteiger charge is -2.64. The molecule has 4 fully saturated rings. The first-order chi connectivity index (χ1) is 12.6. The monoisotopic (exact) mass is 384 g/mol. The molecule has 0 radical (unpaired) electrons. The Morgan fingerprint density at radius 3 is 2.33 bits per heavy atom. The molecule has 0 bridgehead atoms. The summed E-state index contributed by atoms with van der Waals surface area (Å²) in [6.45, 7) is 3.54. The molecule has 4 unspecified atom stereocenters. The van der Waals surface area contributed by atoms with Crippen molar-refractivity contribution in [3.05, 3.63) is 0 Å². The molecule has 0 heterocycles. The van der Waals surface area contributed by atoms with Crippen LogP contribution in [0, 0.1) is 34.5 Å². The van der Waals surface area contributed by atoms with Crippen LogP contribution in [0.1, 0.15) is 58.8 Å². The zero-order valence-corrected chi connectivity index (χ0v) is 16.5. The van der Waals surface area contributed by atoms with Crippen LogP contribution in [0.5, 0.6) is 0 Å². The van der Waals surface area contributed by atoms with E-state index in [0.29, 0.717) is 32.1 Å². The molecule has 0 aromatic heterocycles. The zero-order valence-electron chi connectivity index (χ0n) is 16.5. The van der Waals surface area contributed by atoms with Crippen LogP contribution in [0.15, 0.2) is 0 Å². The smallest absolute Gasteiger partial charge is 0.106 e. The maximum atomic E-state index is 11.3. The molecule has 0 aromatic rings. The molecule has 0 saturated heterocycles. The summed E-state index contributed by atoms with van der Waals surface area (Å²) in [7, 11) is 0. The van der Waals surface area contributed by atoms with Gasteiger partial charge in [-0.1, -0.05) is 13.8 Å². The number of aliphatic hydroxyl groups is 6. The van der Waals surface area contributed by atoms with Gasteiger partial charge in [0.2, 0.25) is 0 Å². The van der Waals surface area contributed by atoms with Crippen molar-refractivity contribution in [2.75, 3.05) is 6.61 Å². The molecule has 6 nitrogen and oxygen atoms in total. The summed E-state index contributed by atoms with van der Waals surface area (Å²) in [6, 6.07) is 0. The summed E-state index contributed by atoms with van der Waals surface area (Å²) >= 11 is 0. The van der Waals surface area contributed by atoms with Crippen molar-refractivity contribution in [2.24, 2.45) is 34.5 Å². The summed E-state index contributed by atoms with van der Waals surface area (Å²) in [5, 5.41) is 63.6. The van der Waals surface area contributed by atoms with E-state index in [1.807, 2.05) is 6.92 Å². The molecule has 6 N–H and O–H groups in total. The Labute approximate surface area is 161 Å². The van der Waals surface area contributed by atoms with Gasteiger partial charge in [0.1, 0.15) is 11.7 Å². The highest BCUT2D eigenvalue weighted by Gasteiger charge is 2.70. The third-order valence-corrected chi connectivity index (χ3v) is 9.69. The van der Waals surface area contributed by atoms with Gasteiger partial charge in [-0.05, 0) is 74.0 Å². The molecule has 0 amide bonds. The van der Waals surface area contributed by atoms with E-state index < -0.39 is 35.9 Å². The summed E-state index contributed by atoms with van der Waals surface area (Å²) < 4.78 is 0. The minimum absolute atomic E-state index is 0.0261. The highest BCUT2D eigenvalue weighted by molar-refractivity contribution is 5.19. The van der Waals surface area contributed by atoms with Gasteiger partial charge >= 0.3 is 0 Å². The Bertz CT molecular complexity index is 585. The van der Waals surface area contributed by atoms with Gasteiger partial charge in [-0.2, -0.15) is 0 Å². The van der Waals surface area contributed by atoms with E-state index >= 15 is 0 Å². The van der Waals surface area contributed by atoms with E-state index in [4.69, 9.17) is 0 Å². The fraction of sp³-hybridized carbons (Fsp3) is 1.00. The Hall–Kier alpha value is -0.240. The highest BCUT2D eigenvalue weighted by Crippen LogP contribution is 2.68. The molecule has 4 rings (SSSR count). The van der Waals surface area contributed by atoms with Crippen LogP contribution in [0.2, 0.25) is 0 Å². The van der Waals surface area contributed by atoms with E-state index in [2.05, 4.69) is 6.92 Å². The van der Waals surface area contributed by atoms with Crippen molar-refractivity contribution in [2.45, 2.75) is 88.8 Å². The molecule has 0 spiro atoms. The fourth-order valence-electron chi connectivity index (χ4n) is 7.94. The first kappa shape index (κ1) is 20.0. The van der Waals surface area contributed by atoms with Gasteiger partial charge in [-0.25, -0.2) is 0 Å². The average molecular weight is 385 g/mol. The van der Waals surface area contributed by atoms with Gasteiger partial charge in [-0.15, -0.1) is 0 Å². The maximum Gasteiger partial charge on any atom is 0.106 e. The second-order valence-electron chi connectivity index (χ2n) is 10.4. The second-order valence-corrected chi connectivity index (χ2v) is 10.4. The van der Waals surface area contributed by atoms with Gasteiger partial charge in [0.15, 0.2) is 0 Å². The molecule has 0 aliphatic heterocycles. The fourth-order valence-corrected chi connectivity index (χ4v) is 7.94. The third-order valence-electron chi connectivity index (χ3n) is 9.69. The van der Waals surface area contributed by atoms with Gasteiger partial charge in [0.25, 0.3) is 0 Å². The lowest BCUT2D eigenvalue weighted by Crippen LogP contribution is -2.67. The minimum atomic E-state index is -1.54. The minimum Gasteiger partial charge on any atom is -0.394 e. The molecule has 4 aliphatic rings. The molecule has 27 heavy (non-hydrogen) atoms. The lowest BCUT2D eigenvalue weighted by atomic mass is 9.43. The molecule has 156 valence electrons. The van der Waals surface area contributed by atoms with Crippen LogP contribution in [-0.2, 0) is 0 Å². The van der Waals surface area contributed by atoms with Crippen molar-refractivity contribution >= 4 is 0 Å². The average Bonchev–Trinajstić information content (AvgIpc) is 2.91. The third kappa shape index (κ3) is 2.47. The van der Waals surface area contributed by atoms with Crippen LogP contribution in [-0.4, -0.2) is 67.3 Å². The zero-order chi connectivity index (χ0) is 19.8. The van der Waals surface area contributed by atoms with Crippen molar-refractivity contribution < 1.29 is 30.6 Å². The van der Waals surface area contributed by atoms with E-state index in [9.17, 15) is 30.6 Å². The number of hydrogen-bond donors (Lipinski definition) is 6. The van der Waals surface area contributed by atoms with Crippen LogP contribution < -0.4 is 0 Å². The summed E-state index contributed by atoms with van der Waals surface area (Å²) in [5.74, 6) is 0.254. The normalized spacial score (nSPS) is 58.9. The van der Waals surface area contributed by atoms with E-state index in [1.54, 1.807) is 0 Å². The van der Waals surface area contributed by atoms with E-state index in [0.717, 1.165) is 12.8 Å². The molecule has 0 aromatic carbocycles. The summed E-state index contributed by atoms with van der Waals surface area (Å²) in [5.41, 5.74) is -2.52. The van der Waals surface area contributed by atoms with E-state index in [-0.39, 0.29) is 35.2 Å². The maximum absolute atomic E-state index is 11.3. The number of aliphatic hydroxyl groups excluding tert-OH is 5. The van der Waals surface area contributed by atoms with Gasteiger partial charge in [0, 0.05) is 5.41 Å². The molecule has 11 atom stereocenters. The van der Waals surface area contributed by atoms with Crippen LogP contribution in [0.25, 0.3) is 0 Å². The lowest BCUT2D eigenvalue weighted by molar-refractivity contribution is -0.250. The van der Waals surface area contributed by atoms with Gasteiger partial charge in [0.05, 0.1) is 24.9 Å². The van der Waals surface area contributed by atoms with Gasteiger partial charge < -0.3 is 30.6 Å². The standard InChI is InChI=1S/C21H36O6/c1-19-5-3-12(23)7-11(19)8-15(24)18-13-4-6-21(27,17(26)10-22)20(13,2)16(25)9-14(18)19/h11-18,22-27H,3-10H2,1-2H3/t11-,12+,13?,14?,15+,16-,17?,18?,19-,20+,21-/m0/s1. The predicted octanol–water partition coefficient (Wildman–Crippen LogP) is 0.416. The molecule has 4 saturated carbocycles. The Kier molecular flexibility index (Phi) is 4.74. The highest BCUT2D eigenvalue weighted by atomic mass is 16.4. The predicted molar refractivity (Wildman–Crippen MR) is 98.6 cm³/mol. The summed E-state index contributed by atoms with van der Waals surface area (Å²) in [4.78, 5) is 0. The molecular weight excluding hydrogens is 348 g/mol. The van der Waals surface area contributed by atoms with Crippen molar-refractivity contribution in [1.82, 2.24) is 0 Å². The number of rotatable bonds is 2. The molecule has 4 aliphatic carbocycles. The van der Waals surface area contributed by atoms with Crippen molar-refractivity contribution in [1.29, 1.82) is 0 Å². The molecular formula is C21H36O6. The first-order valence-electron chi connectivity index (χ1n) is 10.6. The van der Waals surface area contributed by atoms with Crippen LogP contribution in [0.3, 0.4) is 0 Å². The molecule has 6 heteroatoms. The Morgan fingerprint density at radius 1 is 0.963 bits per heavy atom. The number of fused-ring (bicyclic) bond motifs is 5. The Morgan fingerprint density at radius 2 is 1.67 bits per heavy atom. The quantitative estimate of drug-likeness (QED) is 0.410. The first-order valence-corrected chi connectivity index (χ1v) is 10.6. The van der Waals surface area contributed by atoms with Crippen LogP contribution >= 0.6 is 0 Å². The van der Waals surface area contributed by atoms with E-state index in [1.165, 1.54) is 0 Å². The summed E-state index contributed by atoms with van der Waals surface area (Å²) in [6.07, 6.45) is 1.53. The topological polar surface area (TPSA) is 121 Å². The Balaban J connectivity index is 1.72. The van der Waals surface area contributed by atoms with Crippen LogP contribution in [0.4, 0.5) is 0 Å². The SMILES string of the molecule is C[C@]12CC[C@@H](O)C[C@H]1C[C@@H](O)C1C2C[C@H](O)[C@@]2(C)C1CC[C@]2(O)C(O)CO. The van der Waals surface area contributed by atoms with Crippen molar-refractivity contribution in [3.8, 4) is 0 Å². The second kappa shape index (κ2) is 6.38.